The highest BCUT2D eigenvalue weighted by molar-refractivity contribution is 6.00. The summed E-state index contributed by atoms with van der Waals surface area (Å²) in [5.74, 6) is 2.28. The van der Waals surface area contributed by atoms with E-state index in [2.05, 4.69) is 78.3 Å². The fourth-order valence-electron chi connectivity index (χ4n) is 18.4. The summed E-state index contributed by atoms with van der Waals surface area (Å²) >= 11 is 0. The summed E-state index contributed by atoms with van der Waals surface area (Å²) in [5.41, 5.74) is 14.1. The molecule has 0 radical (unpaired) electrons. The average Bonchev–Trinajstić information content (AvgIpc) is 3.74. The van der Waals surface area contributed by atoms with Crippen LogP contribution in [0.15, 0.2) is 88.6 Å². The summed E-state index contributed by atoms with van der Waals surface area (Å²) in [6, 6.07) is 16.6. The van der Waals surface area contributed by atoms with Gasteiger partial charge in [-0.15, -0.1) is 0 Å². The van der Waals surface area contributed by atoms with Crippen molar-refractivity contribution < 1.29 is 24.2 Å². The highest BCUT2D eigenvalue weighted by Gasteiger charge is 2.93. The fraction of sp³-hybridized carbons (Fsp3) is 0.600. The van der Waals surface area contributed by atoms with E-state index in [0.29, 0.717) is 72.4 Å². The van der Waals surface area contributed by atoms with Crippen LogP contribution < -0.4 is 5.73 Å². The first-order valence-electron chi connectivity index (χ1n) is 25.2. The second kappa shape index (κ2) is 13.0. The number of hydrogen-bond donors (Lipinski definition) is 2. The van der Waals surface area contributed by atoms with E-state index in [1.54, 1.807) is 5.70 Å². The van der Waals surface area contributed by atoms with Gasteiger partial charge in [0.25, 0.3) is 0 Å². The van der Waals surface area contributed by atoms with Gasteiger partial charge in [-0.25, -0.2) is 4.79 Å². The third-order valence-electron chi connectivity index (χ3n) is 20.4. The van der Waals surface area contributed by atoms with Crippen molar-refractivity contribution in [3.05, 3.63) is 116 Å². The number of fused-ring (bicyclic) bond motifs is 8. The van der Waals surface area contributed by atoms with E-state index in [1.165, 1.54) is 34.3 Å². The number of rotatable bonds is 3. The molecule has 8 heteroatoms. The number of nitrogens with zero attached hydrogens (tertiary/aromatic N) is 2. The number of aliphatic hydroxyl groups excluding tert-OH is 1. The van der Waals surface area contributed by atoms with E-state index in [-0.39, 0.29) is 41.5 Å². The third kappa shape index (κ3) is 4.43. The Kier molecular flexibility index (Phi) is 7.89. The van der Waals surface area contributed by atoms with E-state index in [9.17, 15) is 9.90 Å². The van der Waals surface area contributed by atoms with E-state index in [4.69, 9.17) is 15.2 Å². The lowest BCUT2D eigenvalue weighted by Crippen LogP contribution is -2.77. The van der Waals surface area contributed by atoms with Crippen LogP contribution in [0.4, 0.5) is 0 Å². The van der Waals surface area contributed by atoms with Crippen LogP contribution in [0.5, 0.6) is 0 Å². The Labute approximate surface area is 372 Å². The maximum Gasteiger partial charge on any atom is 0.339 e. The molecule has 8 heterocycles. The van der Waals surface area contributed by atoms with Gasteiger partial charge in [-0.1, -0.05) is 79.1 Å². The standard InChI is InChI=1S/C55H63N3O5/c1-29-22-34-15-17-43-36-25-37-28-58(43)48(34)47-39-19-20-53-50(49(59)38-16-18-42(37)57(27-36)30(38)2)62-52(61)54(53)41(39)26-35(45(29)47)24-32-10-5-9-31(23-32)8-3-4-14-44(54)55(53)40-13-6-11-33(12-7-21-56)46(40)51(60)63-55/h5-6,9-11,13,15,17,23,29-30,35-38,42-45,47,59H,3-4,7-8,12,14,16,18-22,24-28,56H2,1-2H3. The lowest BCUT2D eigenvalue weighted by atomic mass is 9.28. The number of piperidine rings is 3. The summed E-state index contributed by atoms with van der Waals surface area (Å²) in [4.78, 5) is 36.8. The Morgan fingerprint density at radius 3 is 2.70 bits per heavy atom. The number of aliphatic hydroxyl groups is 1. The van der Waals surface area contributed by atoms with Gasteiger partial charge in [-0.3, -0.25) is 9.69 Å². The van der Waals surface area contributed by atoms with Crippen LogP contribution in [0, 0.1) is 58.2 Å². The van der Waals surface area contributed by atoms with Gasteiger partial charge in [0.1, 0.15) is 11.2 Å². The zero-order valence-corrected chi connectivity index (χ0v) is 37.1. The molecule has 2 aromatic rings. The number of benzene rings is 2. The molecule has 2 aromatic carbocycles. The summed E-state index contributed by atoms with van der Waals surface area (Å²) in [5, 5.41) is 13.4. The highest BCUT2D eigenvalue weighted by Crippen LogP contribution is 2.87. The van der Waals surface area contributed by atoms with Crippen molar-refractivity contribution in [2.45, 2.75) is 127 Å². The first kappa shape index (κ1) is 38.2. The van der Waals surface area contributed by atoms with Gasteiger partial charge < -0.3 is 25.2 Å². The Bertz CT molecular complexity index is 2540. The number of esters is 2. The smallest absolute Gasteiger partial charge is 0.339 e. The van der Waals surface area contributed by atoms with Crippen molar-refractivity contribution in [1.29, 1.82) is 0 Å². The van der Waals surface area contributed by atoms with E-state index in [1.807, 2.05) is 0 Å². The molecule has 15 unspecified atom stereocenters. The molecule has 15 rings (SSSR count). The summed E-state index contributed by atoms with van der Waals surface area (Å²) in [6.45, 7) is 7.51. The first-order chi connectivity index (χ1) is 30.7. The molecule has 13 aliphatic rings. The van der Waals surface area contributed by atoms with E-state index in [0.717, 1.165) is 94.8 Å². The minimum Gasteiger partial charge on any atom is -0.508 e. The molecule has 0 amide bonds. The van der Waals surface area contributed by atoms with Crippen LogP contribution in [0.1, 0.15) is 117 Å². The van der Waals surface area contributed by atoms with Crippen molar-refractivity contribution in [2.75, 3.05) is 19.6 Å². The average molecular weight is 846 g/mol. The second-order valence-electron chi connectivity index (χ2n) is 22.6. The molecule has 1 saturated carbocycles. The normalized spacial score (nSPS) is 44.3. The Morgan fingerprint density at radius 2 is 1.81 bits per heavy atom. The quantitative estimate of drug-likeness (QED) is 0.234. The number of carbonyl (C=O) groups excluding carboxylic acids is 2. The highest BCUT2D eigenvalue weighted by atomic mass is 16.6. The number of carbonyl (C=O) groups is 2. The van der Waals surface area contributed by atoms with Crippen LogP contribution >= 0.6 is 0 Å². The molecule has 3 spiro atoms. The van der Waals surface area contributed by atoms with Crippen LogP contribution in [0.2, 0.25) is 0 Å². The fourth-order valence-corrected chi connectivity index (χ4v) is 18.4. The molecule has 5 aliphatic carbocycles. The molecule has 14 bridgehead atoms. The zero-order valence-electron chi connectivity index (χ0n) is 37.1. The third-order valence-corrected chi connectivity index (χ3v) is 20.4. The Balaban J connectivity index is 1.09. The zero-order chi connectivity index (χ0) is 42.3. The van der Waals surface area contributed by atoms with Crippen molar-refractivity contribution in [2.24, 2.45) is 63.9 Å². The molecule has 328 valence electrons. The molecule has 5 fully saturated rings. The van der Waals surface area contributed by atoms with Crippen molar-refractivity contribution in [3.8, 4) is 0 Å². The van der Waals surface area contributed by atoms with Gasteiger partial charge in [-0.05, 0) is 149 Å². The molecule has 63 heavy (non-hydrogen) atoms. The van der Waals surface area contributed by atoms with Gasteiger partial charge in [0.2, 0.25) is 0 Å². The minimum atomic E-state index is -1.14. The summed E-state index contributed by atoms with van der Waals surface area (Å²) in [6.07, 6.45) is 17.6. The van der Waals surface area contributed by atoms with Gasteiger partial charge in [0.15, 0.2) is 11.4 Å². The number of aryl methyl sites for hydroxylation is 2. The maximum atomic E-state index is 16.1. The van der Waals surface area contributed by atoms with Crippen molar-refractivity contribution in [1.82, 2.24) is 9.80 Å². The van der Waals surface area contributed by atoms with Crippen LogP contribution in [0.3, 0.4) is 0 Å². The van der Waals surface area contributed by atoms with Gasteiger partial charge in [0, 0.05) is 54.2 Å². The van der Waals surface area contributed by atoms with Crippen molar-refractivity contribution in [3.63, 3.8) is 0 Å². The topological polar surface area (TPSA) is 105 Å². The van der Waals surface area contributed by atoms with Crippen LogP contribution in [-0.4, -0.2) is 64.6 Å². The predicted molar refractivity (Wildman–Crippen MR) is 239 cm³/mol. The first-order valence-corrected chi connectivity index (χ1v) is 25.2. The summed E-state index contributed by atoms with van der Waals surface area (Å²) in [7, 11) is 0. The molecular weight excluding hydrogens is 783 g/mol. The predicted octanol–water partition coefficient (Wildman–Crippen LogP) is 8.85. The minimum absolute atomic E-state index is 0.0808. The Morgan fingerprint density at radius 1 is 0.937 bits per heavy atom. The number of allylic oxidation sites excluding steroid dienone is 3. The Hall–Kier alpha value is -4.14. The SMILES string of the molecule is CC1CC2=C3C4C5=C6CC(Cc7cccc(c7)CCCCC7C68C(=O)OC(=C(O)C6CCC9C%10CC(CN9C6C)C(C=C2)N3C%10)C8(CC5)C72OC(=O)c3c(CCCN)cccc32)C14. The monoisotopic (exact) mass is 845 g/mol. The molecular formula is C55H63N3O5. The second-order valence-corrected chi connectivity index (χ2v) is 22.6. The van der Waals surface area contributed by atoms with Gasteiger partial charge >= 0.3 is 11.9 Å². The summed E-state index contributed by atoms with van der Waals surface area (Å²) < 4.78 is 14.3. The van der Waals surface area contributed by atoms with E-state index < -0.39 is 16.4 Å². The van der Waals surface area contributed by atoms with Crippen molar-refractivity contribution >= 4 is 11.9 Å². The molecule has 0 aromatic heterocycles. The van der Waals surface area contributed by atoms with E-state index >= 15 is 4.79 Å². The maximum absolute atomic E-state index is 16.1. The van der Waals surface area contributed by atoms with Gasteiger partial charge in [0.05, 0.1) is 17.0 Å². The molecule has 8 nitrogen and oxygen atoms in total. The lowest BCUT2D eigenvalue weighted by Gasteiger charge is -2.72. The number of nitrogens with two attached hydrogens (primary N) is 1. The molecule has 8 aliphatic heterocycles. The largest absolute Gasteiger partial charge is 0.508 e. The molecule has 3 N–H and O–H groups in total. The van der Waals surface area contributed by atoms with Gasteiger partial charge in [-0.2, -0.15) is 0 Å². The number of ether oxygens (including phenoxy) is 2. The van der Waals surface area contributed by atoms with Crippen LogP contribution in [0.25, 0.3) is 0 Å². The van der Waals surface area contributed by atoms with Crippen LogP contribution in [-0.2, 0) is 39.1 Å². The molecule has 15 atom stereocenters. The lowest BCUT2D eigenvalue weighted by molar-refractivity contribution is -0.279. The molecule has 4 saturated heterocycles. The number of hydrogen-bond acceptors (Lipinski definition) is 8.